The molecule has 0 aliphatic heterocycles. The lowest BCUT2D eigenvalue weighted by Gasteiger charge is -2.07. The van der Waals surface area contributed by atoms with Crippen molar-refractivity contribution in [3.8, 4) is 5.75 Å². The first kappa shape index (κ1) is 12.4. The van der Waals surface area contributed by atoms with E-state index in [0.717, 1.165) is 5.56 Å². The molecule has 0 unspecified atom stereocenters. The Morgan fingerprint density at radius 1 is 1.56 bits per heavy atom. The number of aromatic amines is 1. The highest BCUT2D eigenvalue weighted by molar-refractivity contribution is 6.30. The number of carboxylic acid groups (broad SMARTS) is 1. The number of ether oxygens (including phenoxy) is 1. The molecule has 0 radical (unpaired) electrons. The number of halogens is 1. The highest BCUT2D eigenvalue weighted by Crippen LogP contribution is 2.24. The summed E-state index contributed by atoms with van der Waals surface area (Å²) < 4.78 is 5.21. The first-order valence-electron chi connectivity index (χ1n) is 5.19. The van der Waals surface area contributed by atoms with E-state index >= 15 is 0 Å². The van der Waals surface area contributed by atoms with Gasteiger partial charge in [0.25, 0.3) is 0 Å². The van der Waals surface area contributed by atoms with Gasteiger partial charge in [-0.25, -0.2) is 9.78 Å². The van der Waals surface area contributed by atoms with Crippen molar-refractivity contribution in [1.29, 1.82) is 0 Å². The van der Waals surface area contributed by atoms with Crippen LogP contribution in [-0.4, -0.2) is 28.2 Å². The Labute approximate surface area is 108 Å². The average Bonchev–Trinajstić information content (AvgIpc) is 2.78. The molecule has 0 saturated heterocycles. The van der Waals surface area contributed by atoms with Crippen LogP contribution in [-0.2, 0) is 6.42 Å². The molecule has 0 aliphatic rings. The summed E-state index contributed by atoms with van der Waals surface area (Å²) in [6.45, 7) is 0. The van der Waals surface area contributed by atoms with Crippen LogP contribution in [0.4, 0.5) is 0 Å². The van der Waals surface area contributed by atoms with Crippen LogP contribution in [0.1, 0.15) is 21.9 Å². The van der Waals surface area contributed by atoms with Gasteiger partial charge in [-0.05, 0) is 18.2 Å². The van der Waals surface area contributed by atoms with E-state index < -0.39 is 5.97 Å². The monoisotopic (exact) mass is 266 g/mol. The molecular weight excluding hydrogens is 256 g/mol. The van der Waals surface area contributed by atoms with Crippen molar-refractivity contribution in [2.45, 2.75) is 6.42 Å². The van der Waals surface area contributed by atoms with Gasteiger partial charge in [0.05, 0.1) is 13.3 Å². The summed E-state index contributed by atoms with van der Waals surface area (Å²) in [4.78, 5) is 17.5. The van der Waals surface area contributed by atoms with Gasteiger partial charge in [0.2, 0.25) is 0 Å². The maximum Gasteiger partial charge on any atom is 0.353 e. The Balaban J connectivity index is 2.27. The molecule has 2 rings (SSSR count). The molecule has 1 aromatic carbocycles. The summed E-state index contributed by atoms with van der Waals surface area (Å²) >= 11 is 5.92. The number of aromatic nitrogens is 2. The largest absolute Gasteiger partial charge is 0.496 e. The molecule has 94 valence electrons. The maximum atomic E-state index is 10.7. The minimum absolute atomic E-state index is 0.0611. The number of carboxylic acids is 1. The molecule has 0 spiro atoms. The first-order chi connectivity index (χ1) is 8.60. The molecule has 18 heavy (non-hydrogen) atoms. The van der Waals surface area contributed by atoms with E-state index in [2.05, 4.69) is 9.97 Å². The highest BCUT2D eigenvalue weighted by atomic mass is 35.5. The van der Waals surface area contributed by atoms with Gasteiger partial charge in [0, 0.05) is 17.0 Å². The second kappa shape index (κ2) is 5.10. The Morgan fingerprint density at radius 3 is 2.94 bits per heavy atom. The standard InChI is InChI=1S/C12H11ClN2O3/c1-18-10-3-2-8(13)4-7(10)5-11-14-6-9(15-11)12(16)17/h2-4,6H,5H2,1H3,(H,14,15)(H,16,17). The number of methoxy groups -OCH3 is 1. The maximum absolute atomic E-state index is 10.7. The Bertz CT molecular complexity index is 580. The van der Waals surface area contributed by atoms with Crippen molar-refractivity contribution in [2.75, 3.05) is 7.11 Å². The fourth-order valence-electron chi connectivity index (χ4n) is 1.63. The van der Waals surface area contributed by atoms with Crippen LogP contribution in [0.2, 0.25) is 5.02 Å². The SMILES string of the molecule is COc1ccc(Cl)cc1Cc1ncc(C(=O)O)[nH]1. The lowest BCUT2D eigenvalue weighted by molar-refractivity contribution is 0.0691. The van der Waals surface area contributed by atoms with Crippen LogP contribution in [0.25, 0.3) is 0 Å². The number of hydrogen-bond acceptors (Lipinski definition) is 3. The fraction of sp³-hybridized carbons (Fsp3) is 0.167. The van der Waals surface area contributed by atoms with E-state index in [1.165, 1.54) is 6.20 Å². The molecule has 5 nitrogen and oxygen atoms in total. The highest BCUT2D eigenvalue weighted by Gasteiger charge is 2.10. The predicted molar refractivity (Wildman–Crippen MR) is 66.4 cm³/mol. The Morgan fingerprint density at radius 2 is 2.33 bits per heavy atom. The molecule has 0 bridgehead atoms. The first-order valence-corrected chi connectivity index (χ1v) is 5.57. The third-order valence-electron chi connectivity index (χ3n) is 2.46. The van der Waals surface area contributed by atoms with Crippen LogP contribution in [0, 0.1) is 0 Å². The van der Waals surface area contributed by atoms with Crippen LogP contribution in [0.5, 0.6) is 5.75 Å². The van der Waals surface area contributed by atoms with Crippen molar-refractivity contribution in [2.24, 2.45) is 0 Å². The summed E-state index contributed by atoms with van der Waals surface area (Å²) in [5.74, 6) is 0.201. The van der Waals surface area contributed by atoms with Crippen LogP contribution >= 0.6 is 11.6 Å². The molecule has 0 fully saturated rings. The summed E-state index contributed by atoms with van der Waals surface area (Å²) in [5.41, 5.74) is 0.905. The molecule has 6 heteroatoms. The van der Waals surface area contributed by atoms with Crippen molar-refractivity contribution in [3.63, 3.8) is 0 Å². The molecule has 1 aromatic heterocycles. The molecule has 0 aliphatic carbocycles. The number of imidazole rings is 1. The quantitative estimate of drug-likeness (QED) is 0.891. The summed E-state index contributed by atoms with van der Waals surface area (Å²) in [5, 5.41) is 9.39. The van der Waals surface area contributed by atoms with Gasteiger partial charge in [-0.1, -0.05) is 11.6 Å². The van der Waals surface area contributed by atoms with Crippen molar-refractivity contribution in [3.05, 3.63) is 46.5 Å². The minimum atomic E-state index is -1.04. The van der Waals surface area contributed by atoms with Gasteiger partial charge < -0.3 is 14.8 Å². The van der Waals surface area contributed by atoms with Gasteiger partial charge in [-0.2, -0.15) is 0 Å². The molecule has 0 atom stereocenters. The third kappa shape index (κ3) is 2.62. The van der Waals surface area contributed by atoms with Gasteiger partial charge in [-0.3, -0.25) is 0 Å². The van der Waals surface area contributed by atoms with Crippen LogP contribution in [0.3, 0.4) is 0 Å². The van der Waals surface area contributed by atoms with Gasteiger partial charge >= 0.3 is 5.97 Å². The average molecular weight is 267 g/mol. The smallest absolute Gasteiger partial charge is 0.353 e. The second-order valence-corrected chi connectivity index (χ2v) is 4.12. The van der Waals surface area contributed by atoms with Gasteiger partial charge in [0.1, 0.15) is 17.3 Å². The fourth-order valence-corrected chi connectivity index (χ4v) is 1.82. The molecule has 1 heterocycles. The molecule has 0 amide bonds. The lowest BCUT2D eigenvalue weighted by Crippen LogP contribution is -1.98. The molecule has 2 N–H and O–H groups in total. The number of hydrogen-bond donors (Lipinski definition) is 2. The summed E-state index contributed by atoms with van der Waals surface area (Å²) in [6, 6.07) is 5.26. The number of nitrogens with zero attached hydrogens (tertiary/aromatic N) is 1. The van der Waals surface area contributed by atoms with Crippen molar-refractivity contribution in [1.82, 2.24) is 9.97 Å². The molecular formula is C12H11ClN2O3. The number of nitrogens with one attached hydrogen (secondary N) is 1. The normalized spacial score (nSPS) is 10.3. The molecule has 2 aromatic rings. The number of aromatic carboxylic acids is 1. The van der Waals surface area contributed by atoms with Crippen molar-refractivity contribution < 1.29 is 14.6 Å². The Hall–Kier alpha value is -2.01. The number of carbonyl (C=O) groups is 1. The minimum Gasteiger partial charge on any atom is -0.496 e. The summed E-state index contributed by atoms with van der Waals surface area (Å²) in [7, 11) is 1.57. The van der Waals surface area contributed by atoms with Crippen LogP contribution in [0.15, 0.2) is 24.4 Å². The number of H-pyrrole nitrogens is 1. The Kier molecular flexibility index (Phi) is 3.53. The lowest BCUT2D eigenvalue weighted by atomic mass is 10.1. The second-order valence-electron chi connectivity index (χ2n) is 3.68. The van der Waals surface area contributed by atoms with Crippen molar-refractivity contribution >= 4 is 17.6 Å². The zero-order chi connectivity index (χ0) is 13.1. The van der Waals surface area contributed by atoms with E-state index in [-0.39, 0.29) is 5.69 Å². The summed E-state index contributed by atoms with van der Waals surface area (Å²) in [6.07, 6.45) is 1.71. The zero-order valence-electron chi connectivity index (χ0n) is 9.61. The van der Waals surface area contributed by atoms with E-state index in [9.17, 15) is 4.79 Å². The van der Waals surface area contributed by atoms with E-state index in [1.807, 2.05) is 0 Å². The van der Waals surface area contributed by atoms with Gasteiger partial charge in [-0.15, -0.1) is 0 Å². The number of rotatable bonds is 4. The van der Waals surface area contributed by atoms with Gasteiger partial charge in [0.15, 0.2) is 0 Å². The number of benzene rings is 1. The van der Waals surface area contributed by atoms with E-state index in [4.69, 9.17) is 21.4 Å². The van der Waals surface area contributed by atoms with E-state index in [1.54, 1.807) is 25.3 Å². The van der Waals surface area contributed by atoms with E-state index in [0.29, 0.717) is 23.0 Å². The predicted octanol–water partition coefficient (Wildman–Crippen LogP) is 2.36. The third-order valence-corrected chi connectivity index (χ3v) is 2.69. The topological polar surface area (TPSA) is 75.2 Å². The molecule has 0 saturated carbocycles. The zero-order valence-corrected chi connectivity index (χ0v) is 10.4. The van der Waals surface area contributed by atoms with Crippen LogP contribution < -0.4 is 4.74 Å².